The van der Waals surface area contributed by atoms with Gasteiger partial charge in [0.25, 0.3) is 0 Å². The molecule has 0 heterocycles. The molecule has 1 aliphatic carbocycles. The van der Waals surface area contributed by atoms with Crippen LogP contribution in [-0.4, -0.2) is 27.0 Å². The Labute approximate surface area is 234 Å². The zero-order chi connectivity index (χ0) is 28.6. The van der Waals surface area contributed by atoms with E-state index < -0.39 is 0 Å². The minimum absolute atomic E-state index is 0.709. The summed E-state index contributed by atoms with van der Waals surface area (Å²) in [5.74, 6) is 2.35. The first-order valence-electron chi connectivity index (χ1n) is 13.2. The molecule has 0 aliphatic heterocycles. The van der Waals surface area contributed by atoms with E-state index in [1.807, 2.05) is 81.4 Å². The molecule has 0 saturated carbocycles. The number of hydrogen-bond acceptors (Lipinski definition) is 4. The van der Waals surface area contributed by atoms with Gasteiger partial charge in [0.1, 0.15) is 23.0 Å². The first-order chi connectivity index (χ1) is 19.0. The fourth-order valence-corrected chi connectivity index (χ4v) is 3.81. The van der Waals surface area contributed by atoms with Crippen molar-refractivity contribution < 1.29 is 14.2 Å². The summed E-state index contributed by atoms with van der Waals surface area (Å²) in [4.78, 5) is 4.77. The van der Waals surface area contributed by atoms with Crippen LogP contribution in [0.3, 0.4) is 0 Å². The molecular formula is C35H41NO3. The van der Waals surface area contributed by atoms with Gasteiger partial charge in [0.05, 0.1) is 21.3 Å². The number of rotatable bonds is 7. The highest BCUT2D eigenvalue weighted by Gasteiger charge is 2.11. The second kappa shape index (κ2) is 16.5. The van der Waals surface area contributed by atoms with Crippen LogP contribution in [0.2, 0.25) is 0 Å². The summed E-state index contributed by atoms with van der Waals surface area (Å²) in [6, 6.07) is 26.1. The van der Waals surface area contributed by atoms with E-state index in [1.165, 1.54) is 0 Å². The number of nitrogens with zero attached hydrogens (tertiary/aromatic N) is 1. The van der Waals surface area contributed by atoms with Crippen molar-refractivity contribution in [3.8, 4) is 5.75 Å². The second-order valence-corrected chi connectivity index (χ2v) is 8.44. The standard InChI is InChI=1S/C24H25NO2.C9H10O.C2H6/c1-17-9-8-12-20(15-23(17)26-3)21-13-14-22(24(16-21)27-4)25-18(2)19-10-6-5-7-11-19;1-8(10-2)9-6-4-3-5-7-9;1-2/h5-7,9-16H,8H2,1-4H3;3-7H,1H2,2H3;1-2H3. The van der Waals surface area contributed by atoms with Crippen LogP contribution in [0, 0.1) is 0 Å². The number of aliphatic imine (C=N–C) groups is 1. The van der Waals surface area contributed by atoms with Crippen LogP contribution in [0.15, 0.2) is 120 Å². The van der Waals surface area contributed by atoms with Crippen molar-refractivity contribution in [3.63, 3.8) is 0 Å². The van der Waals surface area contributed by atoms with E-state index in [1.54, 1.807) is 21.3 Å². The number of benzene rings is 3. The van der Waals surface area contributed by atoms with Gasteiger partial charge in [-0.15, -0.1) is 0 Å². The van der Waals surface area contributed by atoms with E-state index in [9.17, 15) is 0 Å². The Morgan fingerprint density at radius 3 is 1.97 bits per heavy atom. The maximum absolute atomic E-state index is 5.62. The van der Waals surface area contributed by atoms with Crippen molar-refractivity contribution in [2.45, 2.75) is 34.1 Å². The van der Waals surface area contributed by atoms with Crippen LogP contribution in [-0.2, 0) is 9.47 Å². The van der Waals surface area contributed by atoms with Crippen LogP contribution in [0.25, 0.3) is 11.3 Å². The maximum Gasteiger partial charge on any atom is 0.145 e. The van der Waals surface area contributed by atoms with Crippen molar-refractivity contribution in [3.05, 3.63) is 132 Å². The third kappa shape index (κ3) is 9.19. The van der Waals surface area contributed by atoms with Crippen molar-refractivity contribution in [2.24, 2.45) is 4.99 Å². The average molecular weight is 524 g/mol. The van der Waals surface area contributed by atoms with E-state index in [4.69, 9.17) is 19.2 Å². The zero-order valence-corrected chi connectivity index (χ0v) is 24.3. The Morgan fingerprint density at radius 1 is 0.795 bits per heavy atom. The van der Waals surface area contributed by atoms with Crippen LogP contribution in [0.5, 0.6) is 5.75 Å². The molecule has 0 N–H and O–H groups in total. The predicted octanol–water partition coefficient (Wildman–Crippen LogP) is 9.43. The SMILES string of the molecule is C=C(OC)c1ccccc1.CC.COC1=CC(c2ccc(N=C(C)c3ccccc3)c(OC)c2)=CCC=C1C. The molecule has 0 saturated heterocycles. The molecule has 0 unspecified atom stereocenters. The predicted molar refractivity (Wildman–Crippen MR) is 167 cm³/mol. The molecule has 1 aliphatic rings. The third-order valence-corrected chi connectivity index (χ3v) is 5.99. The van der Waals surface area contributed by atoms with Gasteiger partial charge in [-0.2, -0.15) is 0 Å². The van der Waals surface area contributed by atoms with E-state index in [0.717, 1.165) is 57.2 Å². The lowest BCUT2D eigenvalue weighted by Gasteiger charge is -2.11. The van der Waals surface area contributed by atoms with Gasteiger partial charge in [0.2, 0.25) is 0 Å². The fourth-order valence-electron chi connectivity index (χ4n) is 3.81. The largest absolute Gasteiger partial charge is 0.497 e. The topological polar surface area (TPSA) is 40.0 Å². The van der Waals surface area contributed by atoms with Crippen molar-refractivity contribution in [1.29, 1.82) is 0 Å². The van der Waals surface area contributed by atoms with Gasteiger partial charge in [-0.1, -0.05) is 99.3 Å². The molecule has 0 aromatic heterocycles. The molecule has 39 heavy (non-hydrogen) atoms. The lowest BCUT2D eigenvalue weighted by molar-refractivity contribution is 0.301. The molecule has 0 atom stereocenters. The van der Waals surface area contributed by atoms with Gasteiger partial charge in [0.15, 0.2) is 0 Å². The minimum atomic E-state index is 0.709. The van der Waals surface area contributed by atoms with Crippen LogP contribution < -0.4 is 4.74 Å². The summed E-state index contributed by atoms with van der Waals surface area (Å²) in [6.07, 6.45) is 7.32. The highest BCUT2D eigenvalue weighted by molar-refractivity contribution is 6.00. The molecule has 4 nitrogen and oxygen atoms in total. The smallest absolute Gasteiger partial charge is 0.145 e. The highest BCUT2D eigenvalue weighted by atomic mass is 16.5. The van der Waals surface area contributed by atoms with Crippen LogP contribution >= 0.6 is 0 Å². The highest BCUT2D eigenvalue weighted by Crippen LogP contribution is 2.33. The Balaban J connectivity index is 0.000000372. The number of methoxy groups -OCH3 is 3. The monoisotopic (exact) mass is 523 g/mol. The lowest BCUT2D eigenvalue weighted by Crippen LogP contribution is -1.94. The molecule has 204 valence electrons. The van der Waals surface area contributed by atoms with E-state index >= 15 is 0 Å². The molecule has 4 heteroatoms. The number of allylic oxidation sites excluding steroid dienone is 5. The Morgan fingerprint density at radius 2 is 1.41 bits per heavy atom. The number of ether oxygens (including phenoxy) is 3. The second-order valence-electron chi connectivity index (χ2n) is 8.44. The Kier molecular flexibility index (Phi) is 13.1. The molecule has 0 spiro atoms. The van der Waals surface area contributed by atoms with Gasteiger partial charge in [-0.25, -0.2) is 4.99 Å². The van der Waals surface area contributed by atoms with Crippen molar-refractivity contribution >= 4 is 22.7 Å². The zero-order valence-electron chi connectivity index (χ0n) is 24.3. The van der Waals surface area contributed by atoms with Gasteiger partial charge in [-0.05, 0) is 60.8 Å². The summed E-state index contributed by atoms with van der Waals surface area (Å²) in [5, 5.41) is 0. The fraction of sp³-hybridized carbons (Fsp3) is 0.229. The van der Waals surface area contributed by atoms with Crippen LogP contribution in [0.1, 0.15) is 50.8 Å². The maximum atomic E-state index is 5.62. The normalized spacial score (nSPS) is 12.6. The van der Waals surface area contributed by atoms with Crippen LogP contribution in [0.4, 0.5) is 5.69 Å². The van der Waals surface area contributed by atoms with E-state index in [-0.39, 0.29) is 0 Å². The van der Waals surface area contributed by atoms with Gasteiger partial charge < -0.3 is 14.2 Å². The number of hydrogen-bond donors (Lipinski definition) is 0. The molecule has 0 fully saturated rings. The summed E-state index contributed by atoms with van der Waals surface area (Å²) < 4.78 is 16.1. The molecule has 3 aromatic rings. The summed E-state index contributed by atoms with van der Waals surface area (Å²) in [6.45, 7) is 11.8. The van der Waals surface area contributed by atoms with Gasteiger partial charge in [-0.3, -0.25) is 0 Å². The summed E-state index contributed by atoms with van der Waals surface area (Å²) >= 11 is 0. The van der Waals surface area contributed by atoms with Gasteiger partial charge in [0, 0.05) is 11.3 Å². The molecule has 0 bridgehead atoms. The molecule has 3 aromatic carbocycles. The summed E-state index contributed by atoms with van der Waals surface area (Å²) in [5.41, 5.74) is 7.26. The van der Waals surface area contributed by atoms with E-state index in [0.29, 0.717) is 5.76 Å². The Bertz CT molecular complexity index is 1320. The minimum Gasteiger partial charge on any atom is -0.497 e. The molecule has 0 radical (unpaired) electrons. The van der Waals surface area contributed by atoms with Crippen molar-refractivity contribution in [2.75, 3.05) is 21.3 Å². The van der Waals surface area contributed by atoms with Crippen molar-refractivity contribution in [1.82, 2.24) is 0 Å². The summed E-state index contributed by atoms with van der Waals surface area (Å²) in [7, 11) is 5.01. The molecular weight excluding hydrogens is 482 g/mol. The van der Waals surface area contributed by atoms with E-state index in [2.05, 4.69) is 49.9 Å². The Hall–Kier alpha value is -4.31. The lowest BCUT2D eigenvalue weighted by atomic mass is 10.0. The average Bonchev–Trinajstić information content (AvgIpc) is 3.20. The first-order valence-corrected chi connectivity index (χ1v) is 13.2. The quantitative estimate of drug-likeness (QED) is 0.229. The molecule has 0 amide bonds. The van der Waals surface area contributed by atoms with Gasteiger partial charge >= 0.3 is 0 Å². The first kappa shape index (κ1) is 30.9. The third-order valence-electron chi connectivity index (χ3n) is 5.99. The molecule has 4 rings (SSSR count).